The average Bonchev–Trinajstić information content (AvgIpc) is 2.55. The van der Waals surface area contributed by atoms with Gasteiger partial charge in [-0.1, -0.05) is 11.6 Å². The zero-order valence-electron chi connectivity index (χ0n) is 8.45. The first-order valence-corrected chi connectivity index (χ1v) is 5.01. The van der Waals surface area contributed by atoms with Crippen molar-refractivity contribution in [3.63, 3.8) is 0 Å². The fourth-order valence-corrected chi connectivity index (χ4v) is 1.63. The van der Waals surface area contributed by atoms with Gasteiger partial charge in [-0.2, -0.15) is 0 Å². The normalized spacial score (nSPS) is 13.0. The Labute approximate surface area is 95.8 Å². The van der Waals surface area contributed by atoms with E-state index < -0.39 is 11.9 Å². The number of nitrogens with two attached hydrogens (primary N) is 1. The molecular weight excluding hydrogens is 233 g/mol. The second-order valence-corrected chi connectivity index (χ2v) is 3.84. The Hall–Kier alpha value is -1.46. The van der Waals surface area contributed by atoms with Crippen LogP contribution in [0.3, 0.4) is 0 Å². The molecule has 0 aliphatic carbocycles. The first kappa shape index (κ1) is 11.0. The zero-order chi connectivity index (χ0) is 11.9. The topological polar surface area (TPSA) is 60.4 Å². The van der Waals surface area contributed by atoms with Gasteiger partial charge < -0.3 is 5.73 Å². The number of nitrogens with zero attached hydrogens (tertiary/aromatic N) is 2. The van der Waals surface area contributed by atoms with E-state index in [0.29, 0.717) is 5.65 Å². The van der Waals surface area contributed by atoms with Gasteiger partial charge in [-0.05, 0) is 19.1 Å². The number of pyridine rings is 1. The molecule has 0 aromatic carbocycles. The van der Waals surface area contributed by atoms with E-state index in [-0.39, 0.29) is 16.6 Å². The molecule has 4 nitrogen and oxygen atoms in total. The number of carbonyl (C=O) groups excluding carboxylic acids is 1. The Morgan fingerprint density at radius 3 is 2.94 bits per heavy atom. The third kappa shape index (κ3) is 1.68. The van der Waals surface area contributed by atoms with Crippen molar-refractivity contribution in [1.29, 1.82) is 0 Å². The molecule has 1 unspecified atom stereocenters. The van der Waals surface area contributed by atoms with Crippen LogP contribution < -0.4 is 5.73 Å². The van der Waals surface area contributed by atoms with Crippen LogP contribution in [0.5, 0.6) is 0 Å². The van der Waals surface area contributed by atoms with Crippen molar-refractivity contribution in [2.24, 2.45) is 5.73 Å². The highest BCUT2D eigenvalue weighted by molar-refractivity contribution is 6.33. The number of ketones is 1. The van der Waals surface area contributed by atoms with Crippen molar-refractivity contribution in [3.05, 3.63) is 35.0 Å². The van der Waals surface area contributed by atoms with Crippen molar-refractivity contribution in [3.8, 4) is 0 Å². The van der Waals surface area contributed by atoms with Crippen LogP contribution in [0.4, 0.5) is 4.39 Å². The fraction of sp³-hybridized carbons (Fsp3) is 0.200. The van der Waals surface area contributed by atoms with Gasteiger partial charge in [0.15, 0.2) is 0 Å². The molecule has 0 radical (unpaired) electrons. The number of Topliss-reactive ketones (excluding diaryl/α,β-unsaturated/α-hetero) is 1. The highest BCUT2D eigenvalue weighted by Crippen LogP contribution is 2.19. The minimum atomic E-state index is -0.688. The second kappa shape index (κ2) is 3.84. The van der Waals surface area contributed by atoms with E-state index in [9.17, 15) is 9.18 Å². The lowest BCUT2D eigenvalue weighted by Gasteiger charge is -2.00. The molecule has 0 amide bonds. The molecule has 0 bridgehead atoms. The number of rotatable bonds is 2. The SMILES string of the molecule is CC(N)C(=O)c1nc2ccc(F)cn2c1Cl. The first-order chi connectivity index (χ1) is 7.50. The Bertz CT molecular complexity index is 564. The van der Waals surface area contributed by atoms with Crippen LogP contribution in [0.2, 0.25) is 5.15 Å². The van der Waals surface area contributed by atoms with Gasteiger partial charge in [0.05, 0.1) is 6.04 Å². The minimum Gasteiger partial charge on any atom is -0.321 e. The van der Waals surface area contributed by atoms with Gasteiger partial charge in [-0.15, -0.1) is 0 Å². The predicted molar refractivity (Wildman–Crippen MR) is 58.1 cm³/mol. The van der Waals surface area contributed by atoms with E-state index in [1.54, 1.807) is 6.92 Å². The summed E-state index contributed by atoms with van der Waals surface area (Å²) in [6.45, 7) is 1.54. The molecule has 2 rings (SSSR count). The second-order valence-electron chi connectivity index (χ2n) is 3.48. The number of carbonyl (C=O) groups is 1. The summed E-state index contributed by atoms with van der Waals surface area (Å²) in [7, 11) is 0. The van der Waals surface area contributed by atoms with Crippen LogP contribution >= 0.6 is 11.6 Å². The summed E-state index contributed by atoms with van der Waals surface area (Å²) < 4.78 is 14.3. The molecule has 0 saturated carbocycles. The van der Waals surface area contributed by atoms with Crippen molar-refractivity contribution in [2.45, 2.75) is 13.0 Å². The fourth-order valence-electron chi connectivity index (χ4n) is 1.36. The van der Waals surface area contributed by atoms with Gasteiger partial charge in [-0.25, -0.2) is 9.37 Å². The highest BCUT2D eigenvalue weighted by atomic mass is 35.5. The van der Waals surface area contributed by atoms with Crippen LogP contribution in [-0.2, 0) is 0 Å². The highest BCUT2D eigenvalue weighted by Gasteiger charge is 2.20. The van der Waals surface area contributed by atoms with Gasteiger partial charge in [0.25, 0.3) is 0 Å². The summed E-state index contributed by atoms with van der Waals surface area (Å²) in [4.78, 5) is 15.7. The monoisotopic (exact) mass is 241 g/mol. The van der Waals surface area contributed by atoms with Gasteiger partial charge in [-0.3, -0.25) is 9.20 Å². The van der Waals surface area contributed by atoms with E-state index in [1.807, 2.05) is 0 Å². The molecule has 1 atom stereocenters. The zero-order valence-corrected chi connectivity index (χ0v) is 9.20. The molecule has 6 heteroatoms. The Balaban J connectivity index is 2.65. The molecule has 0 aliphatic rings. The lowest BCUT2D eigenvalue weighted by Crippen LogP contribution is -2.27. The van der Waals surface area contributed by atoms with E-state index in [0.717, 1.165) is 0 Å². The maximum absolute atomic E-state index is 13.0. The quantitative estimate of drug-likeness (QED) is 0.814. The number of hydrogen-bond donors (Lipinski definition) is 1. The number of fused-ring (bicyclic) bond motifs is 1. The van der Waals surface area contributed by atoms with Crippen LogP contribution in [0.1, 0.15) is 17.4 Å². The Morgan fingerprint density at radius 2 is 2.31 bits per heavy atom. The lowest BCUT2D eigenvalue weighted by atomic mass is 10.2. The number of hydrogen-bond acceptors (Lipinski definition) is 3. The minimum absolute atomic E-state index is 0.0715. The van der Waals surface area contributed by atoms with E-state index in [2.05, 4.69) is 4.98 Å². The van der Waals surface area contributed by atoms with Crippen molar-refractivity contribution < 1.29 is 9.18 Å². The smallest absolute Gasteiger partial charge is 0.200 e. The third-order valence-electron chi connectivity index (χ3n) is 2.17. The van der Waals surface area contributed by atoms with Gasteiger partial charge in [0, 0.05) is 6.20 Å². The molecule has 2 aromatic heterocycles. The summed E-state index contributed by atoms with van der Waals surface area (Å²) in [6.07, 6.45) is 1.17. The molecular formula is C10H9ClFN3O. The third-order valence-corrected chi connectivity index (χ3v) is 2.53. The molecule has 16 heavy (non-hydrogen) atoms. The standard InChI is InChI=1S/C10H9ClFN3O/c1-5(13)9(16)8-10(11)15-4-6(12)2-3-7(15)14-8/h2-5H,13H2,1H3. The Kier molecular flexibility index (Phi) is 2.65. The summed E-state index contributed by atoms with van der Waals surface area (Å²) in [5.74, 6) is -0.819. The largest absolute Gasteiger partial charge is 0.321 e. The number of halogens is 2. The summed E-state index contributed by atoms with van der Waals surface area (Å²) >= 11 is 5.93. The lowest BCUT2D eigenvalue weighted by molar-refractivity contribution is 0.0964. The molecule has 0 fully saturated rings. The number of imidazole rings is 1. The molecule has 2 aromatic rings. The van der Waals surface area contributed by atoms with Crippen molar-refractivity contribution >= 4 is 23.0 Å². The Morgan fingerprint density at radius 1 is 1.62 bits per heavy atom. The summed E-state index contributed by atoms with van der Waals surface area (Å²) in [6, 6.07) is 2.00. The summed E-state index contributed by atoms with van der Waals surface area (Å²) in [5, 5.41) is 0.0804. The maximum atomic E-state index is 13.0. The predicted octanol–water partition coefficient (Wildman–Crippen LogP) is 1.66. The van der Waals surface area contributed by atoms with Gasteiger partial charge in [0.2, 0.25) is 5.78 Å². The maximum Gasteiger partial charge on any atom is 0.200 e. The van der Waals surface area contributed by atoms with Crippen LogP contribution in [0.15, 0.2) is 18.3 Å². The van der Waals surface area contributed by atoms with E-state index in [1.165, 1.54) is 22.7 Å². The van der Waals surface area contributed by atoms with Gasteiger partial charge in [0.1, 0.15) is 22.3 Å². The average molecular weight is 242 g/mol. The number of aromatic nitrogens is 2. The molecule has 2 N–H and O–H groups in total. The first-order valence-electron chi connectivity index (χ1n) is 4.63. The van der Waals surface area contributed by atoms with E-state index >= 15 is 0 Å². The molecule has 0 aliphatic heterocycles. The van der Waals surface area contributed by atoms with Crippen LogP contribution in [0.25, 0.3) is 5.65 Å². The van der Waals surface area contributed by atoms with Crippen molar-refractivity contribution in [2.75, 3.05) is 0 Å². The van der Waals surface area contributed by atoms with Gasteiger partial charge >= 0.3 is 0 Å². The molecule has 0 spiro atoms. The van der Waals surface area contributed by atoms with Crippen molar-refractivity contribution in [1.82, 2.24) is 9.38 Å². The molecule has 2 heterocycles. The molecule has 0 saturated heterocycles. The summed E-state index contributed by atoms with van der Waals surface area (Å²) in [5.41, 5.74) is 5.94. The van der Waals surface area contributed by atoms with Crippen LogP contribution in [0, 0.1) is 5.82 Å². The molecule has 84 valence electrons. The van der Waals surface area contributed by atoms with E-state index in [4.69, 9.17) is 17.3 Å². The van der Waals surface area contributed by atoms with Crippen LogP contribution in [-0.4, -0.2) is 21.2 Å².